The molecule has 32 heavy (non-hydrogen) atoms. The normalized spacial score (nSPS) is 11.7. The first-order chi connectivity index (χ1) is 15.5. The highest BCUT2D eigenvalue weighted by Gasteiger charge is 2.15. The van der Waals surface area contributed by atoms with E-state index in [0.717, 1.165) is 30.8 Å². The van der Waals surface area contributed by atoms with E-state index in [1.54, 1.807) is 22.7 Å². The van der Waals surface area contributed by atoms with Crippen LogP contribution in [0.3, 0.4) is 0 Å². The Morgan fingerprint density at radius 1 is 0.906 bits per heavy atom. The third-order valence-corrected chi connectivity index (χ3v) is 6.52. The van der Waals surface area contributed by atoms with E-state index in [2.05, 4.69) is 37.5 Å². The number of fused-ring (bicyclic) bond motifs is 1. The van der Waals surface area contributed by atoms with Gasteiger partial charge in [-0.25, -0.2) is 13.1 Å². The number of rotatable bonds is 10. The van der Waals surface area contributed by atoms with Crippen LogP contribution in [-0.4, -0.2) is 41.3 Å². The Labute approximate surface area is 187 Å². The highest BCUT2D eigenvalue weighted by atomic mass is 32.2. The number of hydrogen-bond acceptors (Lipinski definition) is 6. The zero-order valence-corrected chi connectivity index (χ0v) is 18.7. The molecule has 0 aliphatic rings. The monoisotopic (exact) mass is 450 g/mol. The minimum Gasteiger partial charge on any atom is -0.369 e. The molecule has 4 aromatic rings. The van der Waals surface area contributed by atoms with Crippen molar-refractivity contribution >= 4 is 21.5 Å². The molecule has 0 aliphatic carbocycles. The molecule has 0 unspecified atom stereocenters. The largest absolute Gasteiger partial charge is 0.369 e. The van der Waals surface area contributed by atoms with Crippen molar-refractivity contribution in [3.05, 3.63) is 83.7 Å². The molecule has 0 saturated carbocycles. The van der Waals surface area contributed by atoms with E-state index in [0.29, 0.717) is 17.9 Å². The highest BCUT2D eigenvalue weighted by molar-refractivity contribution is 7.89. The predicted octanol–water partition coefficient (Wildman–Crippen LogP) is 3.00. The number of hydrogen-bond donors (Lipinski definition) is 2. The number of nitrogens with zero attached hydrogens (tertiary/aromatic N) is 4. The van der Waals surface area contributed by atoms with Crippen molar-refractivity contribution in [3.63, 3.8) is 0 Å². The first-order valence-electron chi connectivity index (χ1n) is 10.6. The maximum Gasteiger partial charge on any atom is 0.240 e. The van der Waals surface area contributed by atoms with Crippen LogP contribution in [0.15, 0.2) is 71.6 Å². The molecule has 2 heterocycles. The second-order valence-electron chi connectivity index (χ2n) is 7.59. The number of aromatic nitrogens is 4. The van der Waals surface area contributed by atoms with Gasteiger partial charge in [0, 0.05) is 19.5 Å². The van der Waals surface area contributed by atoms with Gasteiger partial charge < -0.3 is 5.32 Å². The highest BCUT2D eigenvalue weighted by Crippen LogP contribution is 2.12. The van der Waals surface area contributed by atoms with Crippen LogP contribution >= 0.6 is 0 Å². The number of aryl methyl sites for hydroxylation is 2. The molecule has 8 nitrogen and oxygen atoms in total. The zero-order chi connectivity index (χ0) is 22.4. The predicted molar refractivity (Wildman–Crippen MR) is 124 cm³/mol. The van der Waals surface area contributed by atoms with Gasteiger partial charge in [-0.15, -0.1) is 15.3 Å². The lowest BCUT2D eigenvalue weighted by atomic mass is 10.1. The van der Waals surface area contributed by atoms with Gasteiger partial charge in [0.05, 0.1) is 4.90 Å². The average molecular weight is 451 g/mol. The fraction of sp³-hybridized carbons (Fsp3) is 0.261. The van der Waals surface area contributed by atoms with Gasteiger partial charge in [0.1, 0.15) is 5.82 Å². The van der Waals surface area contributed by atoms with Gasteiger partial charge in [0.25, 0.3) is 0 Å². The quantitative estimate of drug-likeness (QED) is 0.360. The van der Waals surface area contributed by atoms with E-state index in [9.17, 15) is 8.42 Å². The summed E-state index contributed by atoms with van der Waals surface area (Å²) < 4.78 is 29.3. The Hall–Kier alpha value is -3.30. The number of nitrogens with one attached hydrogen (secondary N) is 2. The Morgan fingerprint density at radius 3 is 2.56 bits per heavy atom. The second kappa shape index (κ2) is 9.88. The summed E-state index contributed by atoms with van der Waals surface area (Å²) in [5, 5.41) is 16.2. The molecular formula is C23H26N6O2S. The van der Waals surface area contributed by atoms with Gasteiger partial charge in [-0.2, -0.15) is 4.52 Å². The summed E-state index contributed by atoms with van der Waals surface area (Å²) in [6, 6.07) is 20.9. The van der Waals surface area contributed by atoms with Crippen molar-refractivity contribution in [2.45, 2.75) is 31.1 Å². The van der Waals surface area contributed by atoms with Gasteiger partial charge in [0.2, 0.25) is 10.0 Å². The summed E-state index contributed by atoms with van der Waals surface area (Å²) in [5.74, 6) is 1.33. The molecule has 9 heteroatoms. The lowest BCUT2D eigenvalue weighted by Gasteiger charge is -2.08. The van der Waals surface area contributed by atoms with Crippen LogP contribution in [0.2, 0.25) is 0 Å². The van der Waals surface area contributed by atoms with Crippen LogP contribution in [0.1, 0.15) is 23.4 Å². The van der Waals surface area contributed by atoms with Crippen LogP contribution in [-0.2, 0) is 22.9 Å². The fourth-order valence-electron chi connectivity index (χ4n) is 3.40. The Morgan fingerprint density at radius 2 is 1.75 bits per heavy atom. The summed E-state index contributed by atoms with van der Waals surface area (Å²) in [5.41, 5.74) is 2.83. The lowest BCUT2D eigenvalue weighted by molar-refractivity contribution is 0.580. The standard InChI is InChI=1S/C23H26N6O2S/c1-18-7-5-11-20(17-18)32(30,31)25-16-14-23-27-26-22-13-12-21(28-29(22)23)24-15-6-10-19-8-3-2-4-9-19/h2-5,7-9,11-13,17,25H,6,10,14-16H2,1H3,(H,24,28). The zero-order valence-electron chi connectivity index (χ0n) is 17.9. The van der Waals surface area contributed by atoms with Crippen molar-refractivity contribution in [2.24, 2.45) is 0 Å². The minimum atomic E-state index is -3.58. The Bertz CT molecular complexity index is 1290. The van der Waals surface area contributed by atoms with E-state index >= 15 is 0 Å². The molecule has 0 bridgehead atoms. The third kappa shape index (κ3) is 5.49. The van der Waals surface area contributed by atoms with Crippen molar-refractivity contribution in [1.29, 1.82) is 0 Å². The van der Waals surface area contributed by atoms with Crippen LogP contribution in [0, 0.1) is 6.92 Å². The van der Waals surface area contributed by atoms with E-state index in [4.69, 9.17) is 0 Å². The Kier molecular flexibility index (Phi) is 6.77. The molecule has 0 fully saturated rings. The Balaban J connectivity index is 1.34. The lowest BCUT2D eigenvalue weighted by Crippen LogP contribution is -2.26. The molecule has 2 aromatic carbocycles. The summed E-state index contributed by atoms with van der Waals surface area (Å²) in [6.45, 7) is 2.86. The van der Waals surface area contributed by atoms with E-state index in [-0.39, 0.29) is 11.4 Å². The van der Waals surface area contributed by atoms with Crippen molar-refractivity contribution in [1.82, 2.24) is 24.5 Å². The molecule has 0 atom stereocenters. The van der Waals surface area contributed by atoms with Crippen LogP contribution in [0.25, 0.3) is 5.65 Å². The first-order valence-corrected chi connectivity index (χ1v) is 12.0. The number of anilines is 1. The van der Waals surface area contributed by atoms with E-state index < -0.39 is 10.0 Å². The molecule has 2 aromatic heterocycles. The molecule has 0 spiro atoms. The molecule has 166 valence electrons. The SMILES string of the molecule is Cc1cccc(S(=O)(=O)NCCc2nnc3ccc(NCCCc4ccccc4)nn23)c1. The smallest absolute Gasteiger partial charge is 0.240 e. The summed E-state index contributed by atoms with van der Waals surface area (Å²) >= 11 is 0. The van der Waals surface area contributed by atoms with Crippen molar-refractivity contribution < 1.29 is 8.42 Å². The minimum absolute atomic E-state index is 0.202. The van der Waals surface area contributed by atoms with Crippen LogP contribution in [0.5, 0.6) is 0 Å². The van der Waals surface area contributed by atoms with Crippen molar-refractivity contribution in [2.75, 3.05) is 18.4 Å². The molecule has 0 radical (unpaired) electrons. The molecule has 0 saturated heterocycles. The molecule has 4 rings (SSSR count). The first kappa shape index (κ1) is 21.9. The summed E-state index contributed by atoms with van der Waals surface area (Å²) in [4.78, 5) is 0.253. The van der Waals surface area contributed by atoms with Gasteiger partial charge in [-0.05, 0) is 55.2 Å². The maximum atomic E-state index is 12.5. The fourth-order valence-corrected chi connectivity index (χ4v) is 4.54. The number of sulfonamides is 1. The number of benzene rings is 2. The molecular weight excluding hydrogens is 424 g/mol. The van der Waals surface area contributed by atoms with Crippen LogP contribution in [0.4, 0.5) is 5.82 Å². The van der Waals surface area contributed by atoms with E-state index in [1.807, 2.05) is 43.3 Å². The maximum absolute atomic E-state index is 12.5. The topological polar surface area (TPSA) is 101 Å². The van der Waals surface area contributed by atoms with Gasteiger partial charge in [0.15, 0.2) is 11.5 Å². The van der Waals surface area contributed by atoms with Crippen LogP contribution < -0.4 is 10.0 Å². The second-order valence-corrected chi connectivity index (χ2v) is 9.35. The third-order valence-electron chi connectivity index (χ3n) is 5.06. The molecule has 0 aliphatic heterocycles. The average Bonchev–Trinajstić information content (AvgIpc) is 3.20. The molecule has 0 amide bonds. The van der Waals surface area contributed by atoms with Gasteiger partial charge >= 0.3 is 0 Å². The summed E-state index contributed by atoms with van der Waals surface area (Å²) in [7, 11) is -3.58. The van der Waals surface area contributed by atoms with Gasteiger partial charge in [-0.3, -0.25) is 0 Å². The summed E-state index contributed by atoms with van der Waals surface area (Å²) in [6.07, 6.45) is 2.35. The van der Waals surface area contributed by atoms with Crippen molar-refractivity contribution in [3.8, 4) is 0 Å². The van der Waals surface area contributed by atoms with Gasteiger partial charge in [-0.1, -0.05) is 42.5 Å². The molecule has 2 N–H and O–H groups in total. The van der Waals surface area contributed by atoms with E-state index in [1.165, 1.54) is 5.56 Å².